The van der Waals surface area contributed by atoms with E-state index in [9.17, 15) is 0 Å². The molecule has 0 saturated carbocycles. The zero-order valence-corrected chi connectivity index (χ0v) is 11.4. The Kier molecular flexibility index (Phi) is 3.54. The van der Waals surface area contributed by atoms with Crippen LogP contribution in [-0.2, 0) is 0 Å². The lowest BCUT2D eigenvalue weighted by Crippen LogP contribution is -2.29. The first kappa shape index (κ1) is 12.9. The summed E-state index contributed by atoms with van der Waals surface area (Å²) in [5.41, 5.74) is 5.71. The topological polar surface area (TPSA) is 77.2 Å². The van der Waals surface area contributed by atoms with Crippen LogP contribution in [0, 0.1) is 5.92 Å². The van der Waals surface area contributed by atoms with E-state index in [1.165, 1.54) is 0 Å². The minimum Gasteiger partial charge on any atom is -0.461 e. The monoisotopic (exact) mass is 251 g/mol. The molecule has 0 bridgehead atoms. The number of aromatic nitrogens is 3. The first-order valence-electron chi connectivity index (χ1n) is 6.40. The Bertz CT molecular complexity index is 423. The standard InChI is InChI=1S/C12H21N5O/c1-7(2)18-12-15-10(13)14-11(16-12)17-6-8(3)5-9(17)4/h7-9H,5-6H2,1-4H3,(H2,13,14,15,16). The first-order chi connectivity index (χ1) is 8.45. The molecular formula is C12H21N5O. The summed E-state index contributed by atoms with van der Waals surface area (Å²) >= 11 is 0. The number of nitrogens with two attached hydrogens (primary N) is 1. The first-order valence-corrected chi connectivity index (χ1v) is 6.40. The van der Waals surface area contributed by atoms with Crippen molar-refractivity contribution in [3.63, 3.8) is 0 Å². The average Bonchev–Trinajstić information content (AvgIpc) is 2.55. The summed E-state index contributed by atoms with van der Waals surface area (Å²) in [5, 5.41) is 0. The number of nitrogens with zero attached hydrogens (tertiary/aromatic N) is 4. The van der Waals surface area contributed by atoms with Crippen molar-refractivity contribution in [2.24, 2.45) is 5.92 Å². The van der Waals surface area contributed by atoms with E-state index in [4.69, 9.17) is 10.5 Å². The number of hydrogen-bond acceptors (Lipinski definition) is 6. The Balaban J connectivity index is 2.25. The van der Waals surface area contributed by atoms with E-state index in [0.29, 0.717) is 23.9 Å². The molecule has 18 heavy (non-hydrogen) atoms. The lowest BCUT2D eigenvalue weighted by Gasteiger charge is -2.21. The van der Waals surface area contributed by atoms with E-state index in [-0.39, 0.29) is 12.1 Å². The molecule has 0 spiro atoms. The number of hydrogen-bond donors (Lipinski definition) is 1. The second-order valence-electron chi connectivity index (χ2n) is 5.29. The summed E-state index contributed by atoms with van der Waals surface area (Å²) in [6, 6.07) is 0.730. The maximum Gasteiger partial charge on any atom is 0.323 e. The van der Waals surface area contributed by atoms with Gasteiger partial charge in [-0.15, -0.1) is 0 Å². The minimum atomic E-state index is 0.0228. The molecule has 1 aliphatic heterocycles. The van der Waals surface area contributed by atoms with Gasteiger partial charge >= 0.3 is 6.01 Å². The maximum atomic E-state index is 5.71. The molecule has 0 aromatic carbocycles. The van der Waals surface area contributed by atoms with E-state index in [0.717, 1.165) is 13.0 Å². The summed E-state index contributed by atoms with van der Waals surface area (Å²) in [6.07, 6.45) is 1.17. The van der Waals surface area contributed by atoms with E-state index in [1.807, 2.05) is 13.8 Å². The highest BCUT2D eigenvalue weighted by Gasteiger charge is 2.28. The molecule has 1 aromatic heterocycles. The van der Waals surface area contributed by atoms with Gasteiger partial charge in [-0.05, 0) is 33.1 Å². The van der Waals surface area contributed by atoms with Crippen LogP contribution in [0.5, 0.6) is 6.01 Å². The lowest BCUT2D eigenvalue weighted by atomic mass is 10.1. The van der Waals surface area contributed by atoms with Crippen LogP contribution in [0.15, 0.2) is 0 Å². The van der Waals surface area contributed by atoms with Crippen LogP contribution in [0.4, 0.5) is 11.9 Å². The van der Waals surface area contributed by atoms with E-state index >= 15 is 0 Å². The predicted octanol–water partition coefficient (Wildman–Crippen LogP) is 1.48. The highest BCUT2D eigenvalue weighted by Crippen LogP contribution is 2.27. The van der Waals surface area contributed by atoms with Crippen molar-refractivity contribution in [3.05, 3.63) is 0 Å². The highest BCUT2D eigenvalue weighted by molar-refractivity contribution is 5.38. The Morgan fingerprint density at radius 3 is 2.56 bits per heavy atom. The van der Waals surface area contributed by atoms with Crippen molar-refractivity contribution in [2.75, 3.05) is 17.2 Å². The largest absolute Gasteiger partial charge is 0.461 e. The van der Waals surface area contributed by atoms with Crippen LogP contribution in [0.1, 0.15) is 34.1 Å². The molecule has 2 atom stereocenters. The Labute approximate surface area is 108 Å². The van der Waals surface area contributed by atoms with Gasteiger partial charge in [0.1, 0.15) is 0 Å². The molecule has 6 heteroatoms. The van der Waals surface area contributed by atoms with Crippen LogP contribution < -0.4 is 15.4 Å². The van der Waals surface area contributed by atoms with Crippen LogP contribution in [-0.4, -0.2) is 33.6 Å². The van der Waals surface area contributed by atoms with Gasteiger partial charge < -0.3 is 15.4 Å². The van der Waals surface area contributed by atoms with Crippen molar-refractivity contribution in [3.8, 4) is 6.01 Å². The molecule has 2 rings (SSSR count). The second kappa shape index (κ2) is 4.96. The van der Waals surface area contributed by atoms with Crippen LogP contribution in [0.25, 0.3) is 0 Å². The Morgan fingerprint density at radius 2 is 2.00 bits per heavy atom. The van der Waals surface area contributed by atoms with Crippen LogP contribution in [0.3, 0.4) is 0 Å². The molecule has 0 radical (unpaired) electrons. The smallest absolute Gasteiger partial charge is 0.323 e. The molecule has 0 aliphatic carbocycles. The van der Waals surface area contributed by atoms with Gasteiger partial charge in [-0.3, -0.25) is 0 Å². The molecule has 2 heterocycles. The normalized spacial score (nSPS) is 23.7. The number of rotatable bonds is 3. The average molecular weight is 251 g/mol. The van der Waals surface area contributed by atoms with Gasteiger partial charge in [0.2, 0.25) is 11.9 Å². The molecule has 100 valence electrons. The van der Waals surface area contributed by atoms with Gasteiger partial charge in [-0.2, -0.15) is 15.0 Å². The van der Waals surface area contributed by atoms with Gasteiger partial charge in [-0.1, -0.05) is 6.92 Å². The summed E-state index contributed by atoms with van der Waals surface area (Å²) in [7, 11) is 0. The van der Waals surface area contributed by atoms with E-state index < -0.39 is 0 Å². The fourth-order valence-electron chi connectivity index (χ4n) is 2.33. The zero-order valence-electron chi connectivity index (χ0n) is 11.4. The lowest BCUT2D eigenvalue weighted by molar-refractivity contribution is 0.222. The van der Waals surface area contributed by atoms with Crippen molar-refractivity contribution in [2.45, 2.75) is 46.3 Å². The van der Waals surface area contributed by atoms with Gasteiger partial charge in [0.25, 0.3) is 0 Å². The third-order valence-corrected chi connectivity index (χ3v) is 3.00. The van der Waals surface area contributed by atoms with Crippen LogP contribution >= 0.6 is 0 Å². The molecular weight excluding hydrogens is 230 g/mol. The van der Waals surface area contributed by atoms with Gasteiger partial charge in [0.05, 0.1) is 6.10 Å². The fourth-order valence-corrected chi connectivity index (χ4v) is 2.33. The third-order valence-electron chi connectivity index (χ3n) is 3.00. The molecule has 0 amide bonds. The number of nitrogen functional groups attached to an aromatic ring is 1. The fraction of sp³-hybridized carbons (Fsp3) is 0.750. The van der Waals surface area contributed by atoms with Crippen molar-refractivity contribution in [1.82, 2.24) is 15.0 Å². The molecule has 1 saturated heterocycles. The summed E-state index contributed by atoms with van der Waals surface area (Å²) < 4.78 is 5.49. The van der Waals surface area contributed by atoms with Crippen molar-refractivity contribution in [1.29, 1.82) is 0 Å². The summed E-state index contributed by atoms with van der Waals surface area (Å²) in [6.45, 7) is 9.21. The van der Waals surface area contributed by atoms with E-state index in [2.05, 4.69) is 33.7 Å². The molecule has 2 N–H and O–H groups in total. The second-order valence-corrected chi connectivity index (χ2v) is 5.29. The van der Waals surface area contributed by atoms with Gasteiger partial charge in [-0.25, -0.2) is 0 Å². The maximum absolute atomic E-state index is 5.71. The van der Waals surface area contributed by atoms with Crippen LogP contribution in [0.2, 0.25) is 0 Å². The SMILES string of the molecule is CC1CC(C)N(c2nc(N)nc(OC(C)C)n2)C1. The predicted molar refractivity (Wildman–Crippen MR) is 70.6 cm³/mol. The minimum absolute atomic E-state index is 0.0228. The number of anilines is 2. The van der Waals surface area contributed by atoms with Crippen molar-refractivity contribution >= 4 is 11.9 Å². The molecule has 2 unspecified atom stereocenters. The Hall–Kier alpha value is -1.59. The molecule has 1 aliphatic rings. The van der Waals surface area contributed by atoms with E-state index in [1.54, 1.807) is 0 Å². The molecule has 6 nitrogen and oxygen atoms in total. The van der Waals surface area contributed by atoms with Gasteiger partial charge in [0, 0.05) is 12.6 Å². The zero-order chi connectivity index (χ0) is 13.3. The number of ether oxygens (including phenoxy) is 1. The Morgan fingerprint density at radius 1 is 1.28 bits per heavy atom. The summed E-state index contributed by atoms with van der Waals surface area (Å²) in [4.78, 5) is 14.7. The molecule has 1 fully saturated rings. The summed E-state index contributed by atoms with van der Waals surface area (Å²) in [5.74, 6) is 1.48. The highest BCUT2D eigenvalue weighted by atomic mass is 16.5. The third kappa shape index (κ3) is 2.80. The van der Waals surface area contributed by atoms with Gasteiger partial charge in [0.15, 0.2) is 0 Å². The molecule has 1 aromatic rings. The quantitative estimate of drug-likeness (QED) is 0.876. The van der Waals surface area contributed by atoms with Crippen molar-refractivity contribution < 1.29 is 4.74 Å².